The molecule has 1 N–H and O–H groups in total. The number of non-ortho nitro benzene ring substituents is 1. The number of amides is 2. The zero-order valence-corrected chi connectivity index (χ0v) is 11.8. The molecule has 8 nitrogen and oxygen atoms in total. The number of anilines is 1. The number of nitro benzene ring substituents is 1. The first-order valence-corrected chi connectivity index (χ1v) is 6.96. The lowest BCUT2D eigenvalue weighted by atomic mass is 9.85. The molecule has 0 radical (unpaired) electrons. The number of carbonyl (C=O) groups is 3. The first-order chi connectivity index (χ1) is 10.9. The van der Waals surface area contributed by atoms with Gasteiger partial charge in [-0.1, -0.05) is 12.2 Å². The van der Waals surface area contributed by atoms with Gasteiger partial charge in [-0.25, -0.2) is 9.69 Å². The van der Waals surface area contributed by atoms with Crippen molar-refractivity contribution in [3.63, 3.8) is 0 Å². The second kappa shape index (κ2) is 5.31. The van der Waals surface area contributed by atoms with E-state index in [0.29, 0.717) is 12.8 Å². The highest BCUT2D eigenvalue weighted by Gasteiger charge is 2.48. The van der Waals surface area contributed by atoms with Crippen molar-refractivity contribution >= 4 is 29.2 Å². The van der Waals surface area contributed by atoms with E-state index in [0.717, 1.165) is 23.1 Å². The normalized spacial score (nSPS) is 23.0. The maximum absolute atomic E-state index is 12.5. The van der Waals surface area contributed by atoms with Crippen LogP contribution in [0.1, 0.15) is 23.2 Å². The van der Waals surface area contributed by atoms with Gasteiger partial charge < -0.3 is 5.11 Å². The number of imide groups is 1. The fourth-order valence-corrected chi connectivity index (χ4v) is 3.04. The number of rotatable bonds is 3. The maximum Gasteiger partial charge on any atom is 0.337 e. The van der Waals surface area contributed by atoms with Crippen molar-refractivity contribution in [1.29, 1.82) is 0 Å². The Labute approximate surface area is 130 Å². The van der Waals surface area contributed by atoms with Crippen LogP contribution in [0, 0.1) is 22.0 Å². The van der Waals surface area contributed by atoms with Crippen LogP contribution in [0.25, 0.3) is 0 Å². The zero-order valence-electron chi connectivity index (χ0n) is 11.8. The summed E-state index contributed by atoms with van der Waals surface area (Å²) in [7, 11) is 0. The molecule has 1 aromatic rings. The van der Waals surface area contributed by atoms with Gasteiger partial charge in [0.25, 0.3) is 5.69 Å². The van der Waals surface area contributed by atoms with Gasteiger partial charge in [0.1, 0.15) is 0 Å². The SMILES string of the molecule is O=C(O)c1ccc([N+](=O)[O-])cc1N1C(=O)[C@H]2CC=CC[C@@H]2C1=O. The minimum absolute atomic E-state index is 0.240. The summed E-state index contributed by atoms with van der Waals surface area (Å²) in [6.07, 6.45) is 4.43. The molecule has 0 aromatic heterocycles. The third-order valence-corrected chi connectivity index (χ3v) is 4.17. The Balaban J connectivity index is 2.12. The molecule has 2 atom stereocenters. The molecule has 1 saturated heterocycles. The van der Waals surface area contributed by atoms with Crippen LogP contribution in [0.15, 0.2) is 30.4 Å². The van der Waals surface area contributed by atoms with Gasteiger partial charge in [-0.15, -0.1) is 0 Å². The number of carboxylic acids is 1. The van der Waals surface area contributed by atoms with E-state index >= 15 is 0 Å². The van der Waals surface area contributed by atoms with Gasteiger partial charge in [-0.2, -0.15) is 0 Å². The zero-order chi connectivity index (χ0) is 16.7. The molecule has 0 bridgehead atoms. The van der Waals surface area contributed by atoms with Crippen LogP contribution >= 0.6 is 0 Å². The molecule has 2 amide bonds. The Kier molecular flexibility index (Phi) is 3.44. The summed E-state index contributed by atoms with van der Waals surface area (Å²) in [5.74, 6) is -3.44. The lowest BCUT2D eigenvalue weighted by Gasteiger charge is -2.17. The minimum Gasteiger partial charge on any atom is -0.478 e. The molecule has 1 aliphatic carbocycles. The molecule has 3 rings (SSSR count). The molecule has 8 heteroatoms. The molecule has 0 spiro atoms. The first kappa shape index (κ1) is 14.9. The summed E-state index contributed by atoms with van der Waals surface area (Å²) in [5, 5.41) is 20.2. The summed E-state index contributed by atoms with van der Waals surface area (Å²) in [4.78, 5) is 47.4. The first-order valence-electron chi connectivity index (χ1n) is 6.96. The number of nitrogens with zero attached hydrogens (tertiary/aromatic N) is 2. The second-order valence-corrected chi connectivity index (χ2v) is 5.43. The summed E-state index contributed by atoms with van der Waals surface area (Å²) >= 11 is 0. The van der Waals surface area contributed by atoms with Crippen molar-refractivity contribution in [1.82, 2.24) is 0 Å². The Hall–Kier alpha value is -3.03. The number of aromatic carboxylic acids is 1. The highest BCUT2D eigenvalue weighted by Crippen LogP contribution is 2.39. The molecule has 0 unspecified atom stereocenters. The molecule has 23 heavy (non-hydrogen) atoms. The summed E-state index contributed by atoms with van der Waals surface area (Å²) < 4.78 is 0. The van der Waals surface area contributed by atoms with Crippen molar-refractivity contribution in [3.8, 4) is 0 Å². The van der Waals surface area contributed by atoms with Gasteiger partial charge in [0.15, 0.2) is 0 Å². The van der Waals surface area contributed by atoms with Gasteiger partial charge in [0.2, 0.25) is 11.8 Å². The fourth-order valence-electron chi connectivity index (χ4n) is 3.04. The average molecular weight is 316 g/mol. The third kappa shape index (κ3) is 2.28. The molecular formula is C15H12N2O6. The van der Waals surface area contributed by atoms with Crippen LogP contribution in [0.2, 0.25) is 0 Å². The lowest BCUT2D eigenvalue weighted by Crippen LogP contribution is -2.32. The van der Waals surface area contributed by atoms with Crippen LogP contribution < -0.4 is 4.90 Å². The number of benzene rings is 1. The van der Waals surface area contributed by atoms with Gasteiger partial charge in [0.05, 0.1) is 28.0 Å². The van der Waals surface area contributed by atoms with Crippen LogP contribution in [-0.4, -0.2) is 27.8 Å². The molecule has 1 fully saturated rings. The van der Waals surface area contributed by atoms with Gasteiger partial charge >= 0.3 is 5.97 Å². The molecule has 118 valence electrons. The van der Waals surface area contributed by atoms with Gasteiger partial charge in [0, 0.05) is 12.1 Å². The predicted octanol–water partition coefficient (Wildman–Crippen LogP) is 1.75. The van der Waals surface area contributed by atoms with Gasteiger partial charge in [-0.05, 0) is 18.9 Å². The number of hydrogen-bond donors (Lipinski definition) is 1. The number of allylic oxidation sites excluding steroid dienone is 2. The molecular weight excluding hydrogens is 304 g/mol. The Morgan fingerprint density at radius 2 is 1.74 bits per heavy atom. The molecule has 1 heterocycles. The monoisotopic (exact) mass is 316 g/mol. The largest absolute Gasteiger partial charge is 0.478 e. The summed E-state index contributed by atoms with van der Waals surface area (Å²) in [6.45, 7) is 0. The second-order valence-electron chi connectivity index (χ2n) is 5.43. The van der Waals surface area contributed by atoms with Crippen molar-refractivity contribution in [3.05, 3.63) is 46.0 Å². The third-order valence-electron chi connectivity index (χ3n) is 4.17. The lowest BCUT2D eigenvalue weighted by molar-refractivity contribution is -0.384. The van der Waals surface area contributed by atoms with E-state index in [2.05, 4.69) is 0 Å². The van der Waals surface area contributed by atoms with Crippen molar-refractivity contribution in [2.24, 2.45) is 11.8 Å². The topological polar surface area (TPSA) is 118 Å². The van der Waals surface area contributed by atoms with E-state index in [-0.39, 0.29) is 16.9 Å². The number of fused-ring (bicyclic) bond motifs is 1. The van der Waals surface area contributed by atoms with E-state index in [1.54, 1.807) is 12.2 Å². The highest BCUT2D eigenvalue weighted by atomic mass is 16.6. The molecule has 2 aliphatic rings. The number of carbonyl (C=O) groups excluding carboxylic acids is 2. The van der Waals surface area contributed by atoms with E-state index < -0.39 is 34.5 Å². The highest BCUT2D eigenvalue weighted by molar-refractivity contribution is 6.24. The van der Waals surface area contributed by atoms with Gasteiger partial charge in [-0.3, -0.25) is 19.7 Å². The minimum atomic E-state index is -1.36. The Bertz CT molecular complexity index is 743. The van der Waals surface area contributed by atoms with Crippen molar-refractivity contribution < 1.29 is 24.4 Å². The number of nitro groups is 1. The van der Waals surface area contributed by atoms with Crippen LogP contribution in [0.4, 0.5) is 11.4 Å². The molecule has 1 aromatic carbocycles. The maximum atomic E-state index is 12.5. The van der Waals surface area contributed by atoms with E-state index in [1.807, 2.05) is 0 Å². The smallest absolute Gasteiger partial charge is 0.337 e. The predicted molar refractivity (Wildman–Crippen MR) is 77.9 cm³/mol. The Morgan fingerprint density at radius 1 is 1.17 bits per heavy atom. The molecule has 1 aliphatic heterocycles. The summed E-state index contributed by atoms with van der Waals surface area (Å²) in [6, 6.07) is 3.03. The fraction of sp³-hybridized carbons (Fsp3) is 0.267. The van der Waals surface area contributed by atoms with Crippen LogP contribution in [-0.2, 0) is 9.59 Å². The molecule has 0 saturated carbocycles. The van der Waals surface area contributed by atoms with E-state index in [4.69, 9.17) is 0 Å². The van der Waals surface area contributed by atoms with Crippen molar-refractivity contribution in [2.75, 3.05) is 4.90 Å². The van der Waals surface area contributed by atoms with E-state index in [1.165, 1.54) is 0 Å². The standard InChI is InChI=1S/C15H12N2O6/c18-13-9-3-1-2-4-10(9)14(19)16(13)12-7-8(17(22)23)5-6-11(12)15(20)21/h1-2,5-7,9-10H,3-4H2,(H,20,21)/t9-,10-/m0/s1. The Morgan fingerprint density at radius 3 is 2.22 bits per heavy atom. The summed E-state index contributed by atoms with van der Waals surface area (Å²) in [5.41, 5.74) is -0.932. The number of hydrogen-bond acceptors (Lipinski definition) is 5. The average Bonchev–Trinajstić information content (AvgIpc) is 2.78. The van der Waals surface area contributed by atoms with E-state index in [9.17, 15) is 29.6 Å². The van der Waals surface area contributed by atoms with Crippen molar-refractivity contribution in [2.45, 2.75) is 12.8 Å². The number of carboxylic acid groups (broad SMARTS) is 1. The quantitative estimate of drug-likeness (QED) is 0.393. The van der Waals surface area contributed by atoms with Crippen LogP contribution in [0.5, 0.6) is 0 Å². The van der Waals surface area contributed by atoms with Crippen LogP contribution in [0.3, 0.4) is 0 Å².